The van der Waals surface area contributed by atoms with Crippen molar-refractivity contribution >= 4 is 40.3 Å². The molecule has 0 saturated carbocycles. The summed E-state index contributed by atoms with van der Waals surface area (Å²) in [6.07, 6.45) is 1.84. The van der Waals surface area contributed by atoms with Gasteiger partial charge in [0.2, 0.25) is 0 Å². The smallest absolute Gasteiger partial charge is 0.399 e. The number of thioether (sulfide) groups is 1. The molecule has 1 fully saturated rings. The first-order chi connectivity index (χ1) is 8.69. The van der Waals surface area contributed by atoms with Crippen LogP contribution >= 0.6 is 27.7 Å². The van der Waals surface area contributed by atoms with Crippen molar-refractivity contribution in [2.24, 2.45) is 0 Å². The van der Waals surface area contributed by atoms with Gasteiger partial charge < -0.3 is 9.31 Å². The van der Waals surface area contributed by atoms with Gasteiger partial charge in [0.25, 0.3) is 0 Å². The minimum atomic E-state index is -0.663. The third-order valence-electron chi connectivity index (χ3n) is 3.79. The van der Waals surface area contributed by atoms with E-state index in [2.05, 4.69) is 15.9 Å². The van der Waals surface area contributed by atoms with E-state index in [9.17, 15) is 4.39 Å². The predicted molar refractivity (Wildman–Crippen MR) is 81.6 cm³/mol. The van der Waals surface area contributed by atoms with Gasteiger partial charge in [-0.2, -0.15) is 0 Å². The molecule has 1 aromatic rings. The van der Waals surface area contributed by atoms with E-state index in [0.717, 1.165) is 4.47 Å². The Morgan fingerprint density at radius 1 is 1.16 bits per heavy atom. The van der Waals surface area contributed by atoms with E-state index in [1.807, 2.05) is 40.0 Å². The van der Waals surface area contributed by atoms with Crippen LogP contribution in [0.5, 0.6) is 0 Å². The van der Waals surface area contributed by atoms with Crippen LogP contribution < -0.4 is 5.46 Å². The Morgan fingerprint density at radius 3 is 2.16 bits per heavy atom. The van der Waals surface area contributed by atoms with E-state index < -0.39 is 18.3 Å². The van der Waals surface area contributed by atoms with E-state index in [1.165, 1.54) is 11.8 Å². The number of halogens is 2. The number of hydrogen-bond donors (Lipinski definition) is 0. The van der Waals surface area contributed by atoms with Crippen molar-refractivity contribution < 1.29 is 13.7 Å². The summed E-state index contributed by atoms with van der Waals surface area (Å²) in [5, 5.41) is 0. The molecule has 2 rings (SSSR count). The lowest BCUT2D eigenvalue weighted by Crippen LogP contribution is -2.41. The molecule has 0 aliphatic carbocycles. The average Bonchev–Trinajstić information content (AvgIpc) is 2.48. The van der Waals surface area contributed by atoms with Crippen molar-refractivity contribution in [1.82, 2.24) is 0 Å². The van der Waals surface area contributed by atoms with Gasteiger partial charge in [-0.15, -0.1) is 11.8 Å². The Hall–Kier alpha value is -0.0351. The van der Waals surface area contributed by atoms with Crippen LogP contribution in [0.2, 0.25) is 0 Å². The molecule has 0 radical (unpaired) electrons. The minimum Gasteiger partial charge on any atom is -0.399 e. The molecule has 0 atom stereocenters. The van der Waals surface area contributed by atoms with Gasteiger partial charge in [-0.1, -0.05) is 6.07 Å². The highest BCUT2D eigenvalue weighted by Crippen LogP contribution is 2.37. The van der Waals surface area contributed by atoms with Crippen molar-refractivity contribution in [3.8, 4) is 0 Å². The zero-order chi connectivity index (χ0) is 14.4. The molecule has 0 unspecified atom stereocenters. The second kappa shape index (κ2) is 5.06. The summed E-state index contributed by atoms with van der Waals surface area (Å²) in [6.45, 7) is 7.83. The van der Waals surface area contributed by atoms with Gasteiger partial charge in [0.15, 0.2) is 0 Å². The molecular weight excluding hydrogens is 330 g/mol. The van der Waals surface area contributed by atoms with E-state index in [-0.39, 0.29) is 5.82 Å². The standard InChI is InChI=1S/C13H17BBrFO2S/c1-12(2)13(3,4)18-14(17-12)8-6-7-9(15)11(19-5)10(8)16/h6-7H,1-5H3. The van der Waals surface area contributed by atoms with Gasteiger partial charge in [0, 0.05) is 9.94 Å². The molecule has 1 aliphatic rings. The van der Waals surface area contributed by atoms with Crippen molar-refractivity contribution in [2.75, 3.05) is 6.26 Å². The monoisotopic (exact) mass is 346 g/mol. The Balaban J connectivity index is 2.40. The lowest BCUT2D eigenvalue weighted by atomic mass is 9.79. The molecule has 0 amide bonds. The Labute approximate surface area is 126 Å². The zero-order valence-corrected chi connectivity index (χ0v) is 14.1. The first-order valence-corrected chi connectivity index (χ1v) is 8.09. The maximum Gasteiger partial charge on any atom is 0.497 e. The van der Waals surface area contributed by atoms with E-state index in [4.69, 9.17) is 9.31 Å². The topological polar surface area (TPSA) is 18.5 Å². The van der Waals surface area contributed by atoms with Gasteiger partial charge >= 0.3 is 7.12 Å². The van der Waals surface area contributed by atoms with Gasteiger partial charge in [-0.3, -0.25) is 0 Å². The predicted octanol–water partition coefficient (Wildman–Crippen LogP) is 3.61. The quantitative estimate of drug-likeness (QED) is 0.602. The molecule has 0 spiro atoms. The fraction of sp³-hybridized carbons (Fsp3) is 0.538. The van der Waals surface area contributed by atoms with Crippen molar-refractivity contribution in [1.29, 1.82) is 0 Å². The second-order valence-corrected chi connectivity index (χ2v) is 7.24. The molecule has 1 heterocycles. The number of rotatable bonds is 2. The molecule has 0 bridgehead atoms. The lowest BCUT2D eigenvalue weighted by Gasteiger charge is -2.32. The first kappa shape index (κ1) is 15.4. The highest BCUT2D eigenvalue weighted by molar-refractivity contribution is 9.10. The molecule has 0 N–H and O–H groups in total. The summed E-state index contributed by atoms with van der Waals surface area (Å²) < 4.78 is 27.0. The molecule has 1 aromatic carbocycles. The fourth-order valence-corrected chi connectivity index (χ4v) is 3.24. The molecule has 1 aliphatic heterocycles. The van der Waals surface area contributed by atoms with Crippen LogP contribution in [0.1, 0.15) is 27.7 Å². The van der Waals surface area contributed by atoms with Crippen molar-refractivity contribution in [3.05, 3.63) is 22.4 Å². The van der Waals surface area contributed by atoms with Crippen LogP contribution in [0.25, 0.3) is 0 Å². The summed E-state index contributed by atoms with van der Waals surface area (Å²) in [5.41, 5.74) is -0.473. The van der Waals surface area contributed by atoms with Gasteiger partial charge in [0.1, 0.15) is 5.82 Å². The van der Waals surface area contributed by atoms with Gasteiger partial charge in [0.05, 0.1) is 16.1 Å². The third-order valence-corrected chi connectivity index (χ3v) is 5.52. The highest BCUT2D eigenvalue weighted by Gasteiger charge is 2.52. The zero-order valence-electron chi connectivity index (χ0n) is 11.7. The van der Waals surface area contributed by atoms with E-state index >= 15 is 0 Å². The van der Waals surface area contributed by atoms with Crippen LogP contribution in [-0.4, -0.2) is 24.6 Å². The average molecular weight is 347 g/mol. The van der Waals surface area contributed by atoms with E-state index in [1.54, 1.807) is 6.07 Å². The number of benzene rings is 1. The van der Waals surface area contributed by atoms with Crippen molar-refractivity contribution in [3.63, 3.8) is 0 Å². The second-order valence-electron chi connectivity index (χ2n) is 5.57. The summed E-state index contributed by atoms with van der Waals surface area (Å²) in [6, 6.07) is 3.54. The summed E-state index contributed by atoms with van der Waals surface area (Å²) in [5.74, 6) is -0.277. The van der Waals surface area contributed by atoms with Crippen LogP contribution in [0, 0.1) is 5.82 Å². The molecule has 0 aromatic heterocycles. The summed E-state index contributed by atoms with van der Waals surface area (Å²) in [4.78, 5) is 0.576. The third kappa shape index (κ3) is 2.60. The van der Waals surface area contributed by atoms with Crippen LogP contribution in [-0.2, 0) is 9.31 Å². The van der Waals surface area contributed by atoms with Crippen LogP contribution in [0.4, 0.5) is 4.39 Å². The first-order valence-electron chi connectivity index (χ1n) is 6.07. The summed E-state index contributed by atoms with van der Waals surface area (Å²) >= 11 is 4.71. The Kier molecular flexibility index (Phi) is 4.09. The molecule has 6 heteroatoms. The molecule has 19 heavy (non-hydrogen) atoms. The highest BCUT2D eigenvalue weighted by atomic mass is 79.9. The van der Waals surface area contributed by atoms with Crippen molar-refractivity contribution in [2.45, 2.75) is 43.8 Å². The van der Waals surface area contributed by atoms with Crippen LogP contribution in [0.15, 0.2) is 21.5 Å². The van der Waals surface area contributed by atoms with Crippen LogP contribution in [0.3, 0.4) is 0 Å². The maximum absolute atomic E-state index is 14.5. The maximum atomic E-state index is 14.5. The molecule has 1 saturated heterocycles. The van der Waals surface area contributed by atoms with Gasteiger partial charge in [-0.05, 0) is 55.9 Å². The largest absolute Gasteiger partial charge is 0.497 e. The van der Waals surface area contributed by atoms with E-state index in [0.29, 0.717) is 10.4 Å². The Morgan fingerprint density at radius 2 is 1.68 bits per heavy atom. The molecule has 2 nitrogen and oxygen atoms in total. The Bertz CT molecular complexity index is 492. The SMILES string of the molecule is CSc1c(Br)ccc(B2OC(C)(C)C(C)(C)O2)c1F. The normalized spacial score (nSPS) is 20.9. The lowest BCUT2D eigenvalue weighted by molar-refractivity contribution is 0.00578. The summed E-state index contributed by atoms with van der Waals surface area (Å²) in [7, 11) is -0.663. The molecule has 104 valence electrons. The minimum absolute atomic E-state index is 0.277. The number of hydrogen-bond acceptors (Lipinski definition) is 3. The fourth-order valence-electron chi connectivity index (χ4n) is 1.89. The molecular formula is C13H17BBrFO2S. The van der Waals surface area contributed by atoms with Gasteiger partial charge in [-0.25, -0.2) is 4.39 Å².